The number of carboxylic acid groups (broad SMARTS) is 1. The van der Waals surface area contributed by atoms with Crippen molar-refractivity contribution in [2.75, 3.05) is 0 Å². The van der Waals surface area contributed by atoms with Crippen LogP contribution in [0.25, 0.3) is 0 Å². The number of hydrogen-bond acceptors (Lipinski definition) is 2. The van der Waals surface area contributed by atoms with Gasteiger partial charge in [-0.25, -0.2) is 4.79 Å². The lowest BCUT2D eigenvalue weighted by atomic mass is 10.0. The summed E-state index contributed by atoms with van der Waals surface area (Å²) in [6.45, 7) is 3.98. The molecule has 0 bridgehead atoms. The second-order valence-electron chi connectivity index (χ2n) is 5.04. The molecule has 3 nitrogen and oxygen atoms in total. The van der Waals surface area contributed by atoms with Gasteiger partial charge in [0.1, 0.15) is 5.75 Å². The van der Waals surface area contributed by atoms with E-state index >= 15 is 0 Å². The lowest BCUT2D eigenvalue weighted by molar-refractivity contribution is -0.145. The highest BCUT2D eigenvalue weighted by Crippen LogP contribution is 2.20. The summed E-state index contributed by atoms with van der Waals surface area (Å²) in [4.78, 5) is 11.4. The molecule has 0 saturated heterocycles. The van der Waals surface area contributed by atoms with E-state index in [9.17, 15) is 9.90 Å². The van der Waals surface area contributed by atoms with Gasteiger partial charge in [-0.3, -0.25) is 0 Å². The molecular formula is C17H17ClO3. The van der Waals surface area contributed by atoms with Crippen LogP contribution in [0.3, 0.4) is 0 Å². The maximum absolute atomic E-state index is 11.4. The van der Waals surface area contributed by atoms with E-state index in [0.717, 1.165) is 16.7 Å². The molecule has 0 heterocycles. The molecule has 0 fully saturated rings. The van der Waals surface area contributed by atoms with Gasteiger partial charge in [0, 0.05) is 11.4 Å². The number of carbonyl (C=O) groups is 1. The van der Waals surface area contributed by atoms with Gasteiger partial charge in [-0.15, -0.1) is 0 Å². The summed E-state index contributed by atoms with van der Waals surface area (Å²) in [6.07, 6.45) is -0.626. The van der Waals surface area contributed by atoms with Gasteiger partial charge >= 0.3 is 5.97 Å². The lowest BCUT2D eigenvalue weighted by Crippen LogP contribution is -2.29. The molecule has 1 atom stereocenters. The SMILES string of the molecule is Cc1ccc(C[C@@H](Oc2cccc(Cl)c2)C(=O)O)c(C)c1. The van der Waals surface area contributed by atoms with Crippen LogP contribution >= 0.6 is 11.6 Å². The van der Waals surface area contributed by atoms with Crippen LogP contribution in [0.2, 0.25) is 5.02 Å². The maximum atomic E-state index is 11.4. The number of aryl methyl sites for hydroxylation is 2. The van der Waals surface area contributed by atoms with Crippen molar-refractivity contribution in [1.29, 1.82) is 0 Å². The standard InChI is InChI=1S/C17H17ClO3/c1-11-6-7-13(12(2)8-11)9-16(17(19)20)21-15-5-3-4-14(18)10-15/h3-8,10,16H,9H2,1-2H3,(H,19,20)/t16-/m1/s1. The minimum Gasteiger partial charge on any atom is -0.478 e. The van der Waals surface area contributed by atoms with Crippen LogP contribution in [-0.2, 0) is 11.2 Å². The minimum absolute atomic E-state index is 0.313. The highest BCUT2D eigenvalue weighted by atomic mass is 35.5. The summed E-state index contributed by atoms with van der Waals surface area (Å²) in [7, 11) is 0. The molecule has 0 radical (unpaired) electrons. The fraction of sp³-hybridized carbons (Fsp3) is 0.235. The predicted molar refractivity (Wildman–Crippen MR) is 83.1 cm³/mol. The average Bonchev–Trinajstić information content (AvgIpc) is 2.40. The summed E-state index contributed by atoms with van der Waals surface area (Å²) < 4.78 is 5.56. The Morgan fingerprint density at radius 1 is 1.24 bits per heavy atom. The van der Waals surface area contributed by atoms with Crippen LogP contribution in [0, 0.1) is 13.8 Å². The number of rotatable bonds is 5. The zero-order valence-corrected chi connectivity index (χ0v) is 12.7. The summed E-state index contributed by atoms with van der Waals surface area (Å²) in [5, 5.41) is 9.87. The van der Waals surface area contributed by atoms with Crippen molar-refractivity contribution in [3.8, 4) is 5.75 Å². The van der Waals surface area contributed by atoms with Gasteiger partial charge in [0.05, 0.1) is 0 Å². The summed E-state index contributed by atoms with van der Waals surface area (Å²) in [6, 6.07) is 12.7. The molecular weight excluding hydrogens is 288 g/mol. The van der Waals surface area contributed by atoms with E-state index in [4.69, 9.17) is 16.3 Å². The number of aliphatic carboxylic acids is 1. The Morgan fingerprint density at radius 2 is 2.00 bits per heavy atom. The minimum atomic E-state index is -0.991. The highest BCUT2D eigenvalue weighted by molar-refractivity contribution is 6.30. The van der Waals surface area contributed by atoms with Gasteiger partial charge in [0.25, 0.3) is 0 Å². The second-order valence-corrected chi connectivity index (χ2v) is 5.47. The molecule has 0 aliphatic rings. The predicted octanol–water partition coefficient (Wildman–Crippen LogP) is 4.03. The zero-order valence-electron chi connectivity index (χ0n) is 12.0. The first kappa shape index (κ1) is 15.4. The molecule has 0 spiro atoms. The molecule has 110 valence electrons. The van der Waals surface area contributed by atoms with Crippen LogP contribution in [0.4, 0.5) is 0 Å². The van der Waals surface area contributed by atoms with E-state index in [2.05, 4.69) is 0 Å². The third-order valence-corrected chi connectivity index (χ3v) is 3.49. The number of hydrogen-bond donors (Lipinski definition) is 1. The number of carboxylic acids is 1. The van der Waals surface area contributed by atoms with Crippen molar-refractivity contribution in [1.82, 2.24) is 0 Å². The van der Waals surface area contributed by atoms with Crippen molar-refractivity contribution in [2.24, 2.45) is 0 Å². The van der Waals surface area contributed by atoms with Gasteiger partial charge in [-0.2, -0.15) is 0 Å². The van der Waals surface area contributed by atoms with E-state index in [0.29, 0.717) is 17.2 Å². The fourth-order valence-corrected chi connectivity index (χ4v) is 2.34. The normalized spacial score (nSPS) is 12.0. The van der Waals surface area contributed by atoms with E-state index in [1.807, 2.05) is 32.0 Å². The van der Waals surface area contributed by atoms with E-state index in [1.54, 1.807) is 24.3 Å². The van der Waals surface area contributed by atoms with Crippen LogP contribution in [-0.4, -0.2) is 17.2 Å². The summed E-state index contributed by atoms with van der Waals surface area (Å²) >= 11 is 5.88. The van der Waals surface area contributed by atoms with Crippen LogP contribution in [0.5, 0.6) is 5.75 Å². The molecule has 0 amide bonds. The number of ether oxygens (including phenoxy) is 1. The summed E-state index contributed by atoms with van der Waals surface area (Å²) in [5.41, 5.74) is 3.19. The maximum Gasteiger partial charge on any atom is 0.345 e. The third kappa shape index (κ3) is 4.23. The first-order valence-corrected chi connectivity index (χ1v) is 7.04. The largest absolute Gasteiger partial charge is 0.478 e. The molecule has 0 aliphatic carbocycles. The Hall–Kier alpha value is -2.00. The molecule has 4 heteroatoms. The topological polar surface area (TPSA) is 46.5 Å². The van der Waals surface area contributed by atoms with E-state index in [1.165, 1.54) is 0 Å². The first-order chi connectivity index (χ1) is 9.95. The first-order valence-electron chi connectivity index (χ1n) is 6.67. The smallest absolute Gasteiger partial charge is 0.345 e. The molecule has 0 saturated carbocycles. The number of halogens is 1. The van der Waals surface area contributed by atoms with Crippen molar-refractivity contribution in [3.05, 3.63) is 64.2 Å². The van der Waals surface area contributed by atoms with Crippen molar-refractivity contribution >= 4 is 17.6 Å². The van der Waals surface area contributed by atoms with Crippen LogP contribution in [0.1, 0.15) is 16.7 Å². The summed E-state index contributed by atoms with van der Waals surface area (Å²) in [5.74, 6) is -0.533. The fourth-order valence-electron chi connectivity index (χ4n) is 2.16. The van der Waals surface area contributed by atoms with Gasteiger partial charge in [-0.05, 0) is 43.2 Å². The monoisotopic (exact) mass is 304 g/mol. The molecule has 1 N–H and O–H groups in total. The Labute approximate surface area is 129 Å². The molecule has 21 heavy (non-hydrogen) atoms. The second kappa shape index (κ2) is 6.64. The number of benzene rings is 2. The van der Waals surface area contributed by atoms with Gasteiger partial charge in [0.15, 0.2) is 6.10 Å². The van der Waals surface area contributed by atoms with Crippen molar-refractivity contribution in [3.63, 3.8) is 0 Å². The van der Waals surface area contributed by atoms with Gasteiger partial charge in [-0.1, -0.05) is 41.4 Å². The average molecular weight is 305 g/mol. The Morgan fingerprint density at radius 3 is 2.62 bits per heavy atom. The van der Waals surface area contributed by atoms with E-state index in [-0.39, 0.29) is 0 Å². The molecule has 0 unspecified atom stereocenters. The van der Waals surface area contributed by atoms with Crippen molar-refractivity contribution < 1.29 is 14.6 Å². The molecule has 0 aliphatic heterocycles. The molecule has 2 rings (SSSR count). The molecule has 2 aromatic rings. The van der Waals surface area contributed by atoms with Gasteiger partial charge < -0.3 is 9.84 Å². The third-order valence-electron chi connectivity index (χ3n) is 3.25. The van der Waals surface area contributed by atoms with E-state index < -0.39 is 12.1 Å². The van der Waals surface area contributed by atoms with Crippen LogP contribution in [0.15, 0.2) is 42.5 Å². The van der Waals surface area contributed by atoms with Crippen molar-refractivity contribution in [2.45, 2.75) is 26.4 Å². The molecule has 0 aromatic heterocycles. The highest BCUT2D eigenvalue weighted by Gasteiger charge is 2.21. The van der Waals surface area contributed by atoms with Crippen LogP contribution < -0.4 is 4.74 Å². The quantitative estimate of drug-likeness (QED) is 0.907. The lowest BCUT2D eigenvalue weighted by Gasteiger charge is -2.17. The van der Waals surface area contributed by atoms with Gasteiger partial charge in [0.2, 0.25) is 0 Å². The Balaban J connectivity index is 2.18. The zero-order chi connectivity index (χ0) is 15.4. The Kier molecular flexibility index (Phi) is 4.86. The Bertz CT molecular complexity index is 652. The molecule has 2 aromatic carbocycles.